The highest BCUT2D eigenvalue weighted by Gasteiger charge is 2.27. The molecule has 2 aliphatic carbocycles. The summed E-state index contributed by atoms with van der Waals surface area (Å²) in [5.41, 5.74) is 6.74. The molecule has 19 heavy (non-hydrogen) atoms. The SMILES string of the molecule is NC1CCCC(C(=O)c2cccc(OC3CC3)c2)C1. The molecule has 0 aromatic heterocycles. The Morgan fingerprint density at radius 2 is 2.05 bits per heavy atom. The molecule has 0 spiro atoms. The summed E-state index contributed by atoms with van der Waals surface area (Å²) in [5.74, 6) is 1.16. The van der Waals surface area contributed by atoms with Gasteiger partial charge in [0.1, 0.15) is 5.75 Å². The molecule has 102 valence electrons. The number of carbonyl (C=O) groups is 1. The predicted molar refractivity (Wildman–Crippen MR) is 74.4 cm³/mol. The van der Waals surface area contributed by atoms with Gasteiger partial charge >= 0.3 is 0 Å². The Balaban J connectivity index is 1.71. The van der Waals surface area contributed by atoms with Gasteiger partial charge in [-0.25, -0.2) is 0 Å². The normalized spacial score (nSPS) is 27.0. The molecule has 0 aliphatic heterocycles. The van der Waals surface area contributed by atoms with Crippen molar-refractivity contribution < 1.29 is 9.53 Å². The summed E-state index contributed by atoms with van der Waals surface area (Å²) in [6.07, 6.45) is 6.55. The highest BCUT2D eigenvalue weighted by atomic mass is 16.5. The number of rotatable bonds is 4. The van der Waals surface area contributed by atoms with E-state index in [9.17, 15) is 4.79 Å². The van der Waals surface area contributed by atoms with E-state index in [-0.39, 0.29) is 17.7 Å². The average Bonchev–Trinajstić information content (AvgIpc) is 3.22. The van der Waals surface area contributed by atoms with Crippen LogP contribution in [0.1, 0.15) is 48.9 Å². The molecule has 2 unspecified atom stereocenters. The van der Waals surface area contributed by atoms with Gasteiger partial charge in [-0.2, -0.15) is 0 Å². The Hall–Kier alpha value is -1.35. The van der Waals surface area contributed by atoms with Crippen LogP contribution < -0.4 is 10.5 Å². The number of hydrogen-bond donors (Lipinski definition) is 1. The molecule has 1 aromatic rings. The standard InChI is InChI=1S/C16H21NO2/c17-13-5-1-3-11(9-13)16(18)12-4-2-6-15(10-12)19-14-7-8-14/h2,4,6,10-11,13-14H,1,3,5,7-9,17H2. The van der Waals surface area contributed by atoms with Crippen LogP contribution in [0.25, 0.3) is 0 Å². The molecule has 1 aromatic carbocycles. The van der Waals surface area contributed by atoms with Crippen LogP contribution >= 0.6 is 0 Å². The van der Waals surface area contributed by atoms with Crippen molar-refractivity contribution in [1.82, 2.24) is 0 Å². The van der Waals surface area contributed by atoms with Crippen molar-refractivity contribution >= 4 is 5.78 Å². The van der Waals surface area contributed by atoms with Gasteiger partial charge in [-0.05, 0) is 44.2 Å². The molecule has 0 bridgehead atoms. The van der Waals surface area contributed by atoms with E-state index in [1.807, 2.05) is 24.3 Å². The topological polar surface area (TPSA) is 52.3 Å². The molecule has 2 N–H and O–H groups in total. The van der Waals surface area contributed by atoms with E-state index in [2.05, 4.69) is 0 Å². The van der Waals surface area contributed by atoms with Crippen molar-refractivity contribution in [2.45, 2.75) is 50.7 Å². The van der Waals surface area contributed by atoms with Gasteiger partial charge in [-0.3, -0.25) is 4.79 Å². The van der Waals surface area contributed by atoms with Gasteiger partial charge in [0.25, 0.3) is 0 Å². The number of hydrogen-bond acceptors (Lipinski definition) is 3. The van der Waals surface area contributed by atoms with Crippen molar-refractivity contribution in [1.29, 1.82) is 0 Å². The van der Waals surface area contributed by atoms with Crippen LogP contribution in [0.4, 0.5) is 0 Å². The summed E-state index contributed by atoms with van der Waals surface area (Å²) in [5, 5.41) is 0. The number of carbonyl (C=O) groups excluding carboxylic acids is 1. The molecule has 2 fully saturated rings. The number of Topliss-reactive ketones (excluding diaryl/α,β-unsaturated/α-hetero) is 1. The Bertz CT molecular complexity index is 468. The summed E-state index contributed by atoms with van der Waals surface area (Å²) in [7, 11) is 0. The van der Waals surface area contributed by atoms with Crippen LogP contribution in [-0.2, 0) is 0 Å². The lowest BCUT2D eigenvalue weighted by atomic mass is 9.81. The van der Waals surface area contributed by atoms with Gasteiger partial charge in [0.05, 0.1) is 6.10 Å². The van der Waals surface area contributed by atoms with E-state index in [0.29, 0.717) is 6.10 Å². The second-order valence-electron chi connectivity index (χ2n) is 5.83. The van der Waals surface area contributed by atoms with Gasteiger partial charge in [0.15, 0.2) is 5.78 Å². The second-order valence-corrected chi connectivity index (χ2v) is 5.83. The maximum absolute atomic E-state index is 12.5. The molecule has 3 nitrogen and oxygen atoms in total. The van der Waals surface area contributed by atoms with Crippen LogP contribution in [0.2, 0.25) is 0 Å². The number of ketones is 1. The van der Waals surface area contributed by atoms with E-state index in [1.165, 1.54) is 0 Å². The lowest BCUT2D eigenvalue weighted by Gasteiger charge is -2.25. The van der Waals surface area contributed by atoms with Gasteiger partial charge in [-0.15, -0.1) is 0 Å². The monoisotopic (exact) mass is 259 g/mol. The summed E-state index contributed by atoms with van der Waals surface area (Å²) in [6, 6.07) is 7.81. The number of benzene rings is 1. The van der Waals surface area contributed by atoms with E-state index >= 15 is 0 Å². The zero-order valence-corrected chi connectivity index (χ0v) is 11.2. The average molecular weight is 259 g/mol. The molecular formula is C16H21NO2. The zero-order chi connectivity index (χ0) is 13.2. The van der Waals surface area contributed by atoms with Gasteiger partial charge in [0, 0.05) is 17.5 Å². The molecule has 2 aliphatic rings. The fraction of sp³-hybridized carbons (Fsp3) is 0.562. The fourth-order valence-electron chi connectivity index (χ4n) is 2.80. The molecule has 3 heteroatoms. The van der Waals surface area contributed by atoms with Crippen LogP contribution in [-0.4, -0.2) is 17.9 Å². The number of nitrogens with two attached hydrogens (primary N) is 1. The predicted octanol–water partition coefficient (Wildman–Crippen LogP) is 2.93. The Morgan fingerprint density at radius 3 is 2.79 bits per heavy atom. The first-order valence-electron chi connectivity index (χ1n) is 7.29. The van der Waals surface area contributed by atoms with E-state index < -0.39 is 0 Å². The Kier molecular flexibility index (Phi) is 3.56. The third-order valence-corrected chi connectivity index (χ3v) is 4.03. The molecule has 0 heterocycles. The van der Waals surface area contributed by atoms with Crippen molar-refractivity contribution in [3.05, 3.63) is 29.8 Å². The number of ether oxygens (including phenoxy) is 1. The first kappa shape index (κ1) is 12.7. The van der Waals surface area contributed by atoms with Crippen LogP contribution in [0.3, 0.4) is 0 Å². The summed E-state index contributed by atoms with van der Waals surface area (Å²) < 4.78 is 5.75. The Morgan fingerprint density at radius 1 is 1.21 bits per heavy atom. The summed E-state index contributed by atoms with van der Waals surface area (Å²) >= 11 is 0. The summed E-state index contributed by atoms with van der Waals surface area (Å²) in [4.78, 5) is 12.5. The molecular weight excluding hydrogens is 238 g/mol. The first-order chi connectivity index (χ1) is 9.22. The van der Waals surface area contributed by atoms with Crippen LogP contribution in [0.15, 0.2) is 24.3 Å². The summed E-state index contributed by atoms with van der Waals surface area (Å²) in [6.45, 7) is 0. The van der Waals surface area contributed by atoms with Crippen molar-refractivity contribution in [3.8, 4) is 5.75 Å². The highest BCUT2D eigenvalue weighted by Crippen LogP contribution is 2.30. The fourth-order valence-corrected chi connectivity index (χ4v) is 2.80. The minimum Gasteiger partial charge on any atom is -0.490 e. The largest absolute Gasteiger partial charge is 0.490 e. The minimum absolute atomic E-state index is 0.0972. The molecule has 2 atom stereocenters. The smallest absolute Gasteiger partial charge is 0.166 e. The van der Waals surface area contributed by atoms with Crippen molar-refractivity contribution in [2.24, 2.45) is 11.7 Å². The molecule has 0 saturated heterocycles. The molecule has 2 saturated carbocycles. The van der Waals surface area contributed by atoms with Crippen LogP contribution in [0.5, 0.6) is 5.75 Å². The van der Waals surface area contributed by atoms with Gasteiger partial charge in [-0.1, -0.05) is 18.6 Å². The molecule has 0 radical (unpaired) electrons. The maximum atomic E-state index is 12.5. The van der Waals surface area contributed by atoms with E-state index in [4.69, 9.17) is 10.5 Å². The van der Waals surface area contributed by atoms with E-state index in [0.717, 1.165) is 49.8 Å². The third-order valence-electron chi connectivity index (χ3n) is 4.03. The molecule has 3 rings (SSSR count). The van der Waals surface area contributed by atoms with Crippen molar-refractivity contribution in [3.63, 3.8) is 0 Å². The van der Waals surface area contributed by atoms with Crippen molar-refractivity contribution in [2.75, 3.05) is 0 Å². The Labute approximate surface area is 114 Å². The third kappa shape index (κ3) is 3.16. The quantitative estimate of drug-likeness (QED) is 0.846. The zero-order valence-electron chi connectivity index (χ0n) is 11.2. The van der Waals surface area contributed by atoms with Crippen LogP contribution in [0, 0.1) is 5.92 Å². The molecule has 0 amide bonds. The van der Waals surface area contributed by atoms with Gasteiger partial charge < -0.3 is 10.5 Å². The highest BCUT2D eigenvalue weighted by molar-refractivity contribution is 5.98. The first-order valence-corrected chi connectivity index (χ1v) is 7.29. The van der Waals surface area contributed by atoms with E-state index in [1.54, 1.807) is 0 Å². The second kappa shape index (κ2) is 5.33. The lowest BCUT2D eigenvalue weighted by molar-refractivity contribution is 0.0881. The van der Waals surface area contributed by atoms with Gasteiger partial charge in [0.2, 0.25) is 0 Å². The minimum atomic E-state index is 0.0972. The lowest BCUT2D eigenvalue weighted by Crippen LogP contribution is -2.31. The maximum Gasteiger partial charge on any atom is 0.166 e.